The molecule has 306 valence electrons. The molecule has 1 aliphatic heterocycles. The molecule has 13 rings (SSSR count). The molecule has 7 aromatic rings. The predicted molar refractivity (Wildman–Crippen MR) is 261 cm³/mol. The molecule has 0 aromatic heterocycles. The SMILES string of the molecule is C1=CC(N(c2ccccc2)c2ccccc2-c2ccccc2-c2ccccc2)CC(C2=CC=C[C@H]3Oc4cc5c(cc4OC23)-c2ccccc2C52C3=C(CCC=C3)c3ccccc32)=C1. The lowest BCUT2D eigenvalue weighted by Crippen LogP contribution is -2.42. The number of ether oxygens (including phenoxy) is 2. The van der Waals surface area contributed by atoms with Gasteiger partial charge in [-0.2, -0.15) is 0 Å². The maximum atomic E-state index is 7.22. The number of anilines is 2. The van der Waals surface area contributed by atoms with E-state index in [9.17, 15) is 0 Å². The van der Waals surface area contributed by atoms with E-state index in [0.717, 1.165) is 47.7 Å². The molecule has 4 atom stereocenters. The van der Waals surface area contributed by atoms with Gasteiger partial charge in [0.15, 0.2) is 23.7 Å². The van der Waals surface area contributed by atoms with Crippen molar-refractivity contribution in [3.8, 4) is 44.9 Å². The molecule has 0 N–H and O–H groups in total. The van der Waals surface area contributed by atoms with E-state index in [1.54, 1.807) is 0 Å². The number of allylic oxidation sites excluding steroid dienone is 8. The van der Waals surface area contributed by atoms with Gasteiger partial charge in [0, 0.05) is 16.9 Å². The molecular weight excluding hydrogens is 779 g/mol. The molecule has 3 nitrogen and oxygen atoms in total. The summed E-state index contributed by atoms with van der Waals surface area (Å²) in [5, 5.41) is 0. The fourth-order valence-electron chi connectivity index (χ4n) is 11.7. The third kappa shape index (κ3) is 5.53. The summed E-state index contributed by atoms with van der Waals surface area (Å²) in [6.45, 7) is 0. The smallest absolute Gasteiger partial charge is 0.165 e. The van der Waals surface area contributed by atoms with Crippen LogP contribution < -0.4 is 14.4 Å². The monoisotopic (exact) mass is 823 g/mol. The first-order valence-corrected chi connectivity index (χ1v) is 22.7. The van der Waals surface area contributed by atoms with Crippen LogP contribution in [0.2, 0.25) is 0 Å². The summed E-state index contributed by atoms with van der Waals surface area (Å²) < 4.78 is 14.3. The van der Waals surface area contributed by atoms with Gasteiger partial charge in [-0.15, -0.1) is 0 Å². The molecule has 5 aliphatic carbocycles. The molecule has 3 heteroatoms. The summed E-state index contributed by atoms with van der Waals surface area (Å²) in [5.41, 5.74) is 19.9. The highest BCUT2D eigenvalue weighted by Gasteiger charge is 2.53. The second kappa shape index (κ2) is 14.7. The van der Waals surface area contributed by atoms with Crippen molar-refractivity contribution in [1.29, 1.82) is 0 Å². The number of hydrogen-bond acceptors (Lipinski definition) is 3. The average Bonchev–Trinajstić information content (AvgIpc) is 3.82. The normalized spacial score (nSPS) is 21.7. The lowest BCUT2D eigenvalue weighted by atomic mass is 9.69. The van der Waals surface area contributed by atoms with Gasteiger partial charge in [-0.25, -0.2) is 0 Å². The van der Waals surface area contributed by atoms with Gasteiger partial charge in [-0.05, 0) is 128 Å². The van der Waals surface area contributed by atoms with Crippen LogP contribution in [0.4, 0.5) is 11.4 Å². The molecule has 0 radical (unpaired) electrons. The molecule has 1 heterocycles. The van der Waals surface area contributed by atoms with Gasteiger partial charge < -0.3 is 14.4 Å². The first-order valence-electron chi connectivity index (χ1n) is 22.7. The highest BCUT2D eigenvalue weighted by Crippen LogP contribution is 2.64. The number of hydrogen-bond donors (Lipinski definition) is 0. The number of nitrogens with zero attached hydrogens (tertiary/aromatic N) is 1. The maximum absolute atomic E-state index is 7.22. The van der Waals surface area contributed by atoms with Crippen molar-refractivity contribution in [1.82, 2.24) is 0 Å². The van der Waals surface area contributed by atoms with Crippen LogP contribution in [0.5, 0.6) is 11.5 Å². The van der Waals surface area contributed by atoms with Crippen molar-refractivity contribution < 1.29 is 9.47 Å². The van der Waals surface area contributed by atoms with E-state index in [-0.39, 0.29) is 18.2 Å². The Labute approximate surface area is 375 Å². The third-order valence-electron chi connectivity index (χ3n) is 14.3. The van der Waals surface area contributed by atoms with E-state index in [0.29, 0.717) is 0 Å². The molecule has 6 aliphatic rings. The van der Waals surface area contributed by atoms with E-state index in [2.05, 4.69) is 223 Å². The summed E-state index contributed by atoms with van der Waals surface area (Å²) in [4.78, 5) is 2.52. The van der Waals surface area contributed by atoms with Crippen LogP contribution in [0.1, 0.15) is 41.5 Å². The molecule has 3 unspecified atom stereocenters. The Morgan fingerprint density at radius 1 is 0.531 bits per heavy atom. The Kier molecular flexibility index (Phi) is 8.52. The standard InChI is InChI=1S/C61H45NO2/c1-3-19-40(20-4-1)44-25-7-8-26-46(44)50-30-12-16-35-56(50)62(42-22-5-2-6-23-42)43-24-17-21-41(37-43)45-31-18-36-57-60(45)64-58-38-51-49-29-11-15-34-54(49)61(55(51)39-59(58)63-57)52-32-13-9-27-47(52)48-28-10-14-33-53(48)61/h1-9,11-27,29-36,38-39,43,57,60H,10,28,37H2/t43?,57-,60?,61?/m1/s1. The minimum absolute atomic E-state index is 0.0350. The Morgan fingerprint density at radius 3 is 2.02 bits per heavy atom. The van der Waals surface area contributed by atoms with Crippen LogP contribution in [-0.2, 0) is 5.41 Å². The molecule has 0 fully saturated rings. The second-order valence-corrected chi connectivity index (χ2v) is 17.6. The van der Waals surface area contributed by atoms with Crippen LogP contribution in [-0.4, -0.2) is 18.2 Å². The number of para-hydroxylation sites is 2. The zero-order valence-electron chi connectivity index (χ0n) is 35.4. The van der Waals surface area contributed by atoms with Crippen molar-refractivity contribution in [2.24, 2.45) is 0 Å². The van der Waals surface area contributed by atoms with Gasteiger partial charge in [0.25, 0.3) is 0 Å². The fourth-order valence-corrected chi connectivity index (χ4v) is 11.7. The van der Waals surface area contributed by atoms with Gasteiger partial charge in [0.2, 0.25) is 0 Å². The molecule has 0 bridgehead atoms. The van der Waals surface area contributed by atoms with E-state index in [1.165, 1.54) is 72.4 Å². The molecule has 0 saturated heterocycles. The molecule has 0 saturated carbocycles. The molecule has 1 spiro atoms. The van der Waals surface area contributed by atoms with Gasteiger partial charge in [-0.1, -0.05) is 182 Å². The number of benzene rings is 7. The molecular formula is C61H45NO2. The van der Waals surface area contributed by atoms with Gasteiger partial charge >= 0.3 is 0 Å². The highest BCUT2D eigenvalue weighted by molar-refractivity contribution is 5.97. The van der Waals surface area contributed by atoms with Crippen LogP contribution in [0.25, 0.3) is 39.0 Å². The first kappa shape index (κ1) is 37.0. The summed E-state index contributed by atoms with van der Waals surface area (Å²) in [6.07, 6.45) is 20.5. The molecule has 0 amide bonds. The topological polar surface area (TPSA) is 21.7 Å². The quantitative estimate of drug-likeness (QED) is 0.167. The van der Waals surface area contributed by atoms with Crippen molar-refractivity contribution >= 4 is 16.9 Å². The van der Waals surface area contributed by atoms with E-state index in [1.807, 2.05) is 0 Å². The largest absolute Gasteiger partial charge is 0.478 e. The van der Waals surface area contributed by atoms with Gasteiger partial charge in [-0.3, -0.25) is 0 Å². The fraction of sp³-hybridized carbons (Fsp3) is 0.115. The Morgan fingerprint density at radius 2 is 1.19 bits per heavy atom. The Balaban J connectivity index is 0.864. The van der Waals surface area contributed by atoms with Gasteiger partial charge in [0.1, 0.15) is 0 Å². The maximum Gasteiger partial charge on any atom is 0.165 e. The van der Waals surface area contributed by atoms with E-state index < -0.39 is 5.41 Å². The summed E-state index contributed by atoms with van der Waals surface area (Å²) in [7, 11) is 0. The van der Waals surface area contributed by atoms with Crippen LogP contribution in [0.3, 0.4) is 0 Å². The minimum atomic E-state index is -0.390. The summed E-state index contributed by atoms with van der Waals surface area (Å²) in [6, 6.07) is 61.9. The zero-order valence-corrected chi connectivity index (χ0v) is 35.4. The number of rotatable bonds is 6. The lowest BCUT2D eigenvalue weighted by molar-refractivity contribution is 0.0693. The summed E-state index contributed by atoms with van der Waals surface area (Å²) in [5.74, 6) is 1.61. The molecule has 7 aromatic carbocycles. The molecule has 64 heavy (non-hydrogen) atoms. The Bertz CT molecular complexity index is 3220. The van der Waals surface area contributed by atoms with Crippen molar-refractivity contribution in [3.05, 3.63) is 257 Å². The first-order chi connectivity index (χ1) is 31.8. The zero-order chi connectivity index (χ0) is 42.2. The minimum Gasteiger partial charge on any atom is -0.478 e. The lowest BCUT2D eigenvalue weighted by Gasteiger charge is -2.39. The van der Waals surface area contributed by atoms with Crippen LogP contribution >= 0.6 is 0 Å². The predicted octanol–water partition coefficient (Wildman–Crippen LogP) is 14.6. The second-order valence-electron chi connectivity index (χ2n) is 17.6. The number of fused-ring (bicyclic) bond motifs is 11. The van der Waals surface area contributed by atoms with Crippen LogP contribution in [0.15, 0.2) is 235 Å². The van der Waals surface area contributed by atoms with Crippen molar-refractivity contribution in [3.63, 3.8) is 0 Å². The highest BCUT2D eigenvalue weighted by atomic mass is 16.6. The van der Waals surface area contributed by atoms with Crippen molar-refractivity contribution in [2.45, 2.75) is 42.9 Å². The van der Waals surface area contributed by atoms with Crippen molar-refractivity contribution in [2.75, 3.05) is 4.90 Å². The average molecular weight is 824 g/mol. The van der Waals surface area contributed by atoms with Crippen LogP contribution in [0, 0.1) is 0 Å². The van der Waals surface area contributed by atoms with E-state index >= 15 is 0 Å². The van der Waals surface area contributed by atoms with E-state index in [4.69, 9.17) is 9.47 Å². The summed E-state index contributed by atoms with van der Waals surface area (Å²) >= 11 is 0. The third-order valence-corrected chi connectivity index (χ3v) is 14.3. The van der Waals surface area contributed by atoms with Gasteiger partial charge in [0.05, 0.1) is 11.5 Å². The Hall–Kier alpha value is -7.62.